The number of nitrogens with two attached hydrogens (primary N) is 1. The third kappa shape index (κ3) is 3.53. The molecule has 0 aliphatic heterocycles. The van der Waals surface area contributed by atoms with Gasteiger partial charge in [-0.2, -0.15) is 0 Å². The molecule has 1 atom stereocenters. The molecule has 0 aliphatic carbocycles. The van der Waals surface area contributed by atoms with Gasteiger partial charge in [-0.1, -0.05) is 13.8 Å². The fourth-order valence-corrected chi connectivity index (χ4v) is 1.58. The molecule has 1 aromatic rings. The molecular weight excluding hydrogens is 214 g/mol. The van der Waals surface area contributed by atoms with E-state index in [2.05, 4.69) is 4.98 Å². The first-order valence-electron chi connectivity index (χ1n) is 6.09. The van der Waals surface area contributed by atoms with E-state index in [-0.39, 0.29) is 5.91 Å². The average molecular weight is 235 g/mol. The minimum atomic E-state index is -0.428. The number of hydrogen-bond acceptors (Lipinski definition) is 3. The summed E-state index contributed by atoms with van der Waals surface area (Å²) in [5.74, 6) is -0.0278. The second-order valence-electron chi connectivity index (χ2n) is 4.16. The van der Waals surface area contributed by atoms with Crippen molar-refractivity contribution in [2.45, 2.75) is 39.7 Å². The normalized spacial score (nSPS) is 12.2. The largest absolute Gasteiger partial charge is 0.320 e. The number of aromatic nitrogens is 1. The average Bonchev–Trinajstić information content (AvgIpc) is 2.35. The lowest BCUT2D eigenvalue weighted by Crippen LogP contribution is -2.44. The summed E-state index contributed by atoms with van der Waals surface area (Å²) in [6, 6.07) is 3.39. The van der Waals surface area contributed by atoms with E-state index in [1.165, 1.54) is 0 Å². The molecule has 94 valence electrons. The molecule has 17 heavy (non-hydrogen) atoms. The number of hydrogen-bond donors (Lipinski definition) is 1. The number of aryl methyl sites for hydroxylation is 1. The van der Waals surface area contributed by atoms with Gasteiger partial charge in [-0.3, -0.25) is 9.78 Å². The molecule has 1 unspecified atom stereocenters. The first kappa shape index (κ1) is 13.6. The molecule has 0 bridgehead atoms. The van der Waals surface area contributed by atoms with Gasteiger partial charge in [-0.05, 0) is 31.9 Å². The highest BCUT2D eigenvalue weighted by Gasteiger charge is 2.20. The topological polar surface area (TPSA) is 59.2 Å². The quantitative estimate of drug-likeness (QED) is 0.847. The molecule has 4 heteroatoms. The third-order valence-electron chi connectivity index (χ3n) is 2.68. The smallest absolute Gasteiger partial charge is 0.243 e. The first-order chi connectivity index (χ1) is 8.10. The molecular formula is C13H21N3O. The Kier molecular flexibility index (Phi) is 5.10. The van der Waals surface area contributed by atoms with Crippen molar-refractivity contribution >= 4 is 11.6 Å². The molecule has 0 radical (unpaired) electrons. The van der Waals surface area contributed by atoms with Crippen molar-refractivity contribution in [2.75, 3.05) is 11.4 Å². The zero-order valence-corrected chi connectivity index (χ0v) is 10.8. The van der Waals surface area contributed by atoms with Gasteiger partial charge in [0.15, 0.2) is 0 Å². The van der Waals surface area contributed by atoms with Crippen LogP contribution in [0.2, 0.25) is 0 Å². The highest BCUT2D eigenvalue weighted by Crippen LogP contribution is 2.15. The Hall–Kier alpha value is -1.42. The number of pyridine rings is 1. The Balaban J connectivity index is 2.92. The first-order valence-corrected chi connectivity index (χ1v) is 6.09. The molecule has 1 rings (SSSR count). The summed E-state index contributed by atoms with van der Waals surface area (Å²) in [6.07, 6.45) is 3.28. The summed E-state index contributed by atoms with van der Waals surface area (Å²) in [5, 5.41) is 0. The highest BCUT2D eigenvalue weighted by atomic mass is 16.2. The van der Waals surface area contributed by atoms with E-state index in [0.29, 0.717) is 13.0 Å². The molecule has 0 saturated heterocycles. The van der Waals surface area contributed by atoms with E-state index in [1.807, 2.05) is 32.9 Å². The van der Waals surface area contributed by atoms with Crippen molar-refractivity contribution in [2.24, 2.45) is 5.73 Å². The Morgan fingerprint density at radius 1 is 1.47 bits per heavy atom. The molecule has 1 aromatic heterocycles. The zero-order valence-electron chi connectivity index (χ0n) is 10.8. The number of carbonyl (C=O) groups excluding carboxylic acids is 1. The van der Waals surface area contributed by atoms with E-state index in [1.54, 1.807) is 11.1 Å². The van der Waals surface area contributed by atoms with E-state index in [9.17, 15) is 4.79 Å². The fraction of sp³-hybridized carbons (Fsp3) is 0.538. The maximum Gasteiger partial charge on any atom is 0.243 e. The van der Waals surface area contributed by atoms with Gasteiger partial charge in [0.05, 0.1) is 17.9 Å². The number of amides is 1. The minimum absolute atomic E-state index is 0.0278. The van der Waals surface area contributed by atoms with Crippen LogP contribution in [-0.2, 0) is 4.79 Å². The van der Waals surface area contributed by atoms with E-state index >= 15 is 0 Å². The van der Waals surface area contributed by atoms with Crippen molar-refractivity contribution in [3.8, 4) is 0 Å². The molecule has 2 N–H and O–H groups in total. The van der Waals surface area contributed by atoms with Crippen molar-refractivity contribution in [1.29, 1.82) is 0 Å². The van der Waals surface area contributed by atoms with Gasteiger partial charge >= 0.3 is 0 Å². The standard InChI is InChI=1S/C13H21N3O/c1-4-8-16(13(17)12(14)5-2)11-7-6-10(3)15-9-11/h6-7,9,12H,4-5,8,14H2,1-3H3. The van der Waals surface area contributed by atoms with Gasteiger partial charge < -0.3 is 10.6 Å². The van der Waals surface area contributed by atoms with E-state index in [4.69, 9.17) is 5.73 Å². The van der Waals surface area contributed by atoms with Crippen molar-refractivity contribution in [3.63, 3.8) is 0 Å². The zero-order chi connectivity index (χ0) is 12.8. The summed E-state index contributed by atoms with van der Waals surface area (Å²) in [7, 11) is 0. The second-order valence-corrected chi connectivity index (χ2v) is 4.16. The summed E-state index contributed by atoms with van der Waals surface area (Å²) < 4.78 is 0. The van der Waals surface area contributed by atoms with Crippen molar-refractivity contribution < 1.29 is 4.79 Å². The minimum Gasteiger partial charge on any atom is -0.320 e. The lowest BCUT2D eigenvalue weighted by atomic mass is 10.2. The summed E-state index contributed by atoms with van der Waals surface area (Å²) in [6.45, 7) is 6.56. The van der Waals surface area contributed by atoms with Crippen LogP contribution in [0.25, 0.3) is 0 Å². The van der Waals surface area contributed by atoms with Gasteiger partial charge in [0.25, 0.3) is 0 Å². The van der Waals surface area contributed by atoms with Crippen LogP contribution in [0.15, 0.2) is 18.3 Å². The van der Waals surface area contributed by atoms with Gasteiger partial charge in [0, 0.05) is 12.2 Å². The molecule has 0 aromatic carbocycles. The van der Waals surface area contributed by atoms with Crippen LogP contribution in [0, 0.1) is 6.92 Å². The summed E-state index contributed by atoms with van der Waals surface area (Å²) >= 11 is 0. The predicted molar refractivity (Wildman–Crippen MR) is 69.9 cm³/mol. The summed E-state index contributed by atoms with van der Waals surface area (Å²) in [4.78, 5) is 18.1. The maximum absolute atomic E-state index is 12.1. The van der Waals surface area contributed by atoms with Crippen LogP contribution in [0.4, 0.5) is 5.69 Å². The fourth-order valence-electron chi connectivity index (χ4n) is 1.58. The SMILES string of the molecule is CCCN(C(=O)C(N)CC)c1ccc(C)nc1. The van der Waals surface area contributed by atoms with E-state index in [0.717, 1.165) is 17.8 Å². The number of anilines is 1. The third-order valence-corrected chi connectivity index (χ3v) is 2.68. The number of nitrogens with zero attached hydrogens (tertiary/aromatic N) is 2. The van der Waals surface area contributed by atoms with E-state index < -0.39 is 6.04 Å². The lowest BCUT2D eigenvalue weighted by Gasteiger charge is -2.24. The van der Waals surface area contributed by atoms with Crippen LogP contribution in [0.5, 0.6) is 0 Å². The Labute approximate surface area is 103 Å². The highest BCUT2D eigenvalue weighted by molar-refractivity contribution is 5.96. The molecule has 0 aliphatic rings. The van der Waals surface area contributed by atoms with Gasteiger partial charge in [-0.25, -0.2) is 0 Å². The summed E-state index contributed by atoms with van der Waals surface area (Å²) in [5.41, 5.74) is 7.57. The molecule has 1 amide bonds. The molecule has 0 saturated carbocycles. The molecule has 0 spiro atoms. The van der Waals surface area contributed by atoms with Gasteiger partial charge in [-0.15, -0.1) is 0 Å². The lowest BCUT2D eigenvalue weighted by molar-refractivity contribution is -0.119. The molecule has 4 nitrogen and oxygen atoms in total. The Morgan fingerprint density at radius 2 is 2.18 bits per heavy atom. The molecule has 1 heterocycles. The predicted octanol–water partition coefficient (Wildman–Crippen LogP) is 1.87. The number of carbonyl (C=O) groups is 1. The monoisotopic (exact) mass is 235 g/mol. The van der Waals surface area contributed by atoms with Crippen LogP contribution in [0.1, 0.15) is 32.4 Å². The second kappa shape index (κ2) is 6.35. The van der Waals surface area contributed by atoms with Crippen molar-refractivity contribution in [3.05, 3.63) is 24.0 Å². The number of rotatable bonds is 5. The van der Waals surface area contributed by atoms with Crippen LogP contribution >= 0.6 is 0 Å². The maximum atomic E-state index is 12.1. The van der Waals surface area contributed by atoms with Crippen LogP contribution < -0.4 is 10.6 Å². The Bertz CT molecular complexity index is 361. The van der Waals surface area contributed by atoms with Crippen LogP contribution in [-0.4, -0.2) is 23.5 Å². The molecule has 0 fully saturated rings. The van der Waals surface area contributed by atoms with Gasteiger partial charge in [0.2, 0.25) is 5.91 Å². The van der Waals surface area contributed by atoms with Crippen LogP contribution in [0.3, 0.4) is 0 Å². The van der Waals surface area contributed by atoms with Crippen molar-refractivity contribution in [1.82, 2.24) is 4.98 Å². The van der Waals surface area contributed by atoms with Gasteiger partial charge in [0.1, 0.15) is 0 Å². The Morgan fingerprint density at radius 3 is 2.65 bits per heavy atom.